The molecular weight excluding hydrogens is 210 g/mol. The van der Waals surface area contributed by atoms with Gasteiger partial charge in [-0.3, -0.25) is 4.90 Å². The molecule has 0 aliphatic rings. The molecule has 1 atom stereocenters. The monoisotopic (exact) mass is 227 g/mol. The summed E-state index contributed by atoms with van der Waals surface area (Å²) in [6.07, 6.45) is -1.00. The number of aromatic nitrogens is 2. The fraction of sp³-hybridized carbons (Fsp3) is 0.700. The fourth-order valence-corrected chi connectivity index (χ4v) is 1.63. The number of carboxylic acid groups (broad SMARTS) is 1. The van der Waals surface area contributed by atoms with Crippen LogP contribution in [0, 0.1) is 6.92 Å². The third-order valence-electron chi connectivity index (χ3n) is 2.22. The second-order valence-electron chi connectivity index (χ2n) is 4.68. The third kappa shape index (κ3) is 2.50. The summed E-state index contributed by atoms with van der Waals surface area (Å²) in [4.78, 5) is 16.5. The Morgan fingerprint density at radius 2 is 2.06 bits per heavy atom. The van der Waals surface area contributed by atoms with Crippen LogP contribution in [0.4, 0.5) is 4.79 Å². The largest absolute Gasteiger partial charge is 0.465 e. The summed E-state index contributed by atoms with van der Waals surface area (Å²) in [6, 6.07) is -0.460. The zero-order valence-corrected chi connectivity index (χ0v) is 10.2. The van der Waals surface area contributed by atoms with Gasteiger partial charge in [0.2, 0.25) is 5.89 Å². The predicted molar refractivity (Wildman–Crippen MR) is 57.1 cm³/mol. The highest BCUT2D eigenvalue weighted by atomic mass is 16.5. The summed E-state index contributed by atoms with van der Waals surface area (Å²) in [5.41, 5.74) is -0.520. The topological polar surface area (TPSA) is 79.5 Å². The summed E-state index contributed by atoms with van der Waals surface area (Å²) in [6.45, 7) is 8.89. The molecule has 0 bridgehead atoms. The summed E-state index contributed by atoms with van der Waals surface area (Å²) >= 11 is 0. The highest BCUT2D eigenvalue weighted by Crippen LogP contribution is 2.26. The number of hydrogen-bond donors (Lipinski definition) is 1. The summed E-state index contributed by atoms with van der Waals surface area (Å²) in [5, 5.41) is 12.8. The lowest BCUT2D eigenvalue weighted by atomic mass is 10.0. The Bertz CT molecular complexity index is 381. The lowest BCUT2D eigenvalue weighted by molar-refractivity contribution is 0.0643. The molecule has 6 nitrogen and oxygen atoms in total. The molecule has 1 heterocycles. The second kappa shape index (κ2) is 4.11. The zero-order chi connectivity index (χ0) is 12.5. The lowest BCUT2D eigenvalue weighted by Gasteiger charge is -2.36. The van der Waals surface area contributed by atoms with E-state index in [1.807, 2.05) is 20.8 Å². The molecule has 0 saturated heterocycles. The number of amides is 1. The van der Waals surface area contributed by atoms with Crippen molar-refractivity contribution in [3.8, 4) is 0 Å². The number of hydrogen-bond acceptors (Lipinski definition) is 4. The summed E-state index contributed by atoms with van der Waals surface area (Å²) in [7, 11) is 0. The van der Waals surface area contributed by atoms with Gasteiger partial charge < -0.3 is 9.63 Å². The molecule has 0 fully saturated rings. The lowest BCUT2D eigenvalue weighted by Crippen LogP contribution is -2.46. The standard InChI is InChI=1S/C10H17N3O3/c1-6(8-11-7(2)12-16-8)13(9(14)15)10(3,4)5/h6H,1-5H3,(H,14,15)/t6-/m1/s1. The molecule has 16 heavy (non-hydrogen) atoms. The van der Waals surface area contributed by atoms with Crippen LogP contribution in [-0.2, 0) is 0 Å². The Kier molecular flexibility index (Phi) is 3.21. The predicted octanol–water partition coefficient (Wildman–Crippen LogP) is 2.22. The van der Waals surface area contributed by atoms with Gasteiger partial charge in [-0.2, -0.15) is 4.98 Å². The van der Waals surface area contributed by atoms with E-state index in [1.165, 1.54) is 4.90 Å². The van der Waals surface area contributed by atoms with Gasteiger partial charge in [0.25, 0.3) is 0 Å². The number of carbonyl (C=O) groups is 1. The van der Waals surface area contributed by atoms with Gasteiger partial charge in [-0.1, -0.05) is 5.16 Å². The van der Waals surface area contributed by atoms with Gasteiger partial charge >= 0.3 is 6.09 Å². The van der Waals surface area contributed by atoms with Crippen molar-refractivity contribution in [2.75, 3.05) is 0 Å². The van der Waals surface area contributed by atoms with Gasteiger partial charge in [0.05, 0.1) is 0 Å². The average molecular weight is 227 g/mol. The van der Waals surface area contributed by atoms with Crippen LogP contribution in [0.1, 0.15) is 45.5 Å². The van der Waals surface area contributed by atoms with E-state index in [2.05, 4.69) is 10.1 Å². The maximum absolute atomic E-state index is 11.2. The third-order valence-corrected chi connectivity index (χ3v) is 2.22. The molecule has 0 saturated carbocycles. The Balaban J connectivity index is 3.01. The minimum Gasteiger partial charge on any atom is -0.465 e. The minimum absolute atomic E-state index is 0.315. The van der Waals surface area contributed by atoms with E-state index >= 15 is 0 Å². The normalized spacial score (nSPS) is 13.6. The van der Waals surface area contributed by atoms with Crippen molar-refractivity contribution >= 4 is 6.09 Å². The van der Waals surface area contributed by atoms with Crippen molar-refractivity contribution in [3.63, 3.8) is 0 Å². The number of nitrogens with zero attached hydrogens (tertiary/aromatic N) is 3. The Morgan fingerprint density at radius 1 is 1.50 bits per heavy atom. The van der Waals surface area contributed by atoms with Crippen LogP contribution in [0.25, 0.3) is 0 Å². The molecule has 1 aromatic rings. The van der Waals surface area contributed by atoms with Crippen molar-refractivity contribution in [2.45, 2.75) is 46.2 Å². The van der Waals surface area contributed by atoms with Crippen molar-refractivity contribution in [2.24, 2.45) is 0 Å². The second-order valence-corrected chi connectivity index (χ2v) is 4.68. The van der Waals surface area contributed by atoms with E-state index in [-0.39, 0.29) is 0 Å². The highest BCUT2D eigenvalue weighted by molar-refractivity contribution is 5.66. The van der Waals surface area contributed by atoms with Gasteiger partial charge in [0.1, 0.15) is 6.04 Å². The zero-order valence-electron chi connectivity index (χ0n) is 10.2. The average Bonchev–Trinajstić information content (AvgIpc) is 2.48. The Labute approximate surface area is 94.3 Å². The molecule has 90 valence electrons. The van der Waals surface area contributed by atoms with E-state index in [4.69, 9.17) is 4.52 Å². The molecule has 1 rings (SSSR count). The minimum atomic E-state index is -1.00. The van der Waals surface area contributed by atoms with Crippen molar-refractivity contribution in [3.05, 3.63) is 11.7 Å². The molecule has 0 unspecified atom stereocenters. The maximum atomic E-state index is 11.2. The first-order valence-corrected chi connectivity index (χ1v) is 5.06. The van der Waals surface area contributed by atoms with Crippen molar-refractivity contribution < 1.29 is 14.4 Å². The summed E-state index contributed by atoms with van der Waals surface area (Å²) in [5.74, 6) is 0.816. The Hall–Kier alpha value is -1.59. The van der Waals surface area contributed by atoms with E-state index in [9.17, 15) is 9.90 Å². The summed E-state index contributed by atoms with van der Waals surface area (Å²) < 4.78 is 4.99. The molecular formula is C10H17N3O3. The van der Waals surface area contributed by atoms with Gasteiger partial charge in [-0.15, -0.1) is 0 Å². The van der Waals surface area contributed by atoms with Crippen molar-refractivity contribution in [1.29, 1.82) is 0 Å². The van der Waals surface area contributed by atoms with Gasteiger partial charge in [0.15, 0.2) is 5.82 Å². The van der Waals surface area contributed by atoms with Crippen LogP contribution in [0.3, 0.4) is 0 Å². The van der Waals surface area contributed by atoms with Crippen LogP contribution in [0.2, 0.25) is 0 Å². The first kappa shape index (κ1) is 12.5. The van der Waals surface area contributed by atoms with Crippen LogP contribution in [-0.4, -0.2) is 31.8 Å². The first-order valence-electron chi connectivity index (χ1n) is 5.06. The molecule has 1 N–H and O–H groups in total. The van der Waals surface area contributed by atoms with Gasteiger partial charge in [0, 0.05) is 5.54 Å². The molecule has 0 aromatic carbocycles. The van der Waals surface area contributed by atoms with Crippen molar-refractivity contribution in [1.82, 2.24) is 15.0 Å². The highest BCUT2D eigenvalue weighted by Gasteiger charge is 2.34. The van der Waals surface area contributed by atoms with Crippen LogP contribution < -0.4 is 0 Å². The van der Waals surface area contributed by atoms with E-state index < -0.39 is 17.7 Å². The molecule has 0 aliphatic heterocycles. The molecule has 0 aliphatic carbocycles. The van der Waals surface area contributed by atoms with E-state index in [1.54, 1.807) is 13.8 Å². The van der Waals surface area contributed by atoms with Crippen LogP contribution >= 0.6 is 0 Å². The molecule has 0 spiro atoms. The maximum Gasteiger partial charge on any atom is 0.408 e. The molecule has 1 amide bonds. The smallest absolute Gasteiger partial charge is 0.408 e. The quantitative estimate of drug-likeness (QED) is 0.837. The van der Waals surface area contributed by atoms with E-state index in [0.29, 0.717) is 11.7 Å². The van der Waals surface area contributed by atoms with E-state index in [0.717, 1.165) is 0 Å². The molecule has 6 heteroatoms. The first-order chi connectivity index (χ1) is 7.23. The molecule has 0 radical (unpaired) electrons. The Morgan fingerprint density at radius 3 is 2.38 bits per heavy atom. The fourth-order valence-electron chi connectivity index (χ4n) is 1.63. The number of rotatable bonds is 2. The number of aryl methyl sites for hydroxylation is 1. The van der Waals surface area contributed by atoms with Crippen LogP contribution in [0.15, 0.2) is 4.52 Å². The van der Waals surface area contributed by atoms with Crippen LogP contribution in [0.5, 0.6) is 0 Å². The van der Waals surface area contributed by atoms with Gasteiger partial charge in [-0.25, -0.2) is 4.79 Å². The molecule has 1 aromatic heterocycles. The van der Waals surface area contributed by atoms with Gasteiger partial charge in [-0.05, 0) is 34.6 Å². The SMILES string of the molecule is Cc1noc([C@@H](C)N(C(=O)O)C(C)(C)C)n1.